The number of hydrogen-bond acceptors (Lipinski definition) is 5. The molecule has 1 aliphatic heterocycles. The Labute approximate surface area is 158 Å². The number of oxazole rings is 1. The monoisotopic (exact) mass is 395 g/mol. The van der Waals surface area contributed by atoms with Crippen molar-refractivity contribution in [3.8, 4) is 0 Å². The van der Waals surface area contributed by atoms with Gasteiger partial charge in [-0.3, -0.25) is 9.36 Å². The van der Waals surface area contributed by atoms with Crippen molar-refractivity contribution in [3.63, 3.8) is 0 Å². The number of aryl methyl sites for hydroxylation is 1. The maximum absolute atomic E-state index is 12.9. The van der Waals surface area contributed by atoms with Crippen LogP contribution in [0.5, 0.6) is 0 Å². The minimum atomic E-state index is -3.70. The number of carbonyl (C=O) groups excluding carboxylic acids is 1. The number of aromatic nitrogens is 1. The van der Waals surface area contributed by atoms with Gasteiger partial charge in [-0.05, 0) is 38.3 Å². The molecule has 0 aliphatic carbocycles. The van der Waals surface area contributed by atoms with Gasteiger partial charge >= 0.3 is 5.76 Å². The van der Waals surface area contributed by atoms with Crippen LogP contribution < -0.4 is 11.1 Å². The lowest BCUT2D eigenvalue weighted by atomic mass is 9.97. The number of fused-ring (bicyclic) bond motifs is 1. The highest BCUT2D eigenvalue weighted by Crippen LogP contribution is 2.26. The van der Waals surface area contributed by atoms with Crippen molar-refractivity contribution in [2.45, 2.75) is 44.0 Å². The Morgan fingerprint density at radius 1 is 1.33 bits per heavy atom. The van der Waals surface area contributed by atoms with Gasteiger partial charge in [0.05, 0.1) is 10.4 Å². The van der Waals surface area contributed by atoms with Gasteiger partial charge in [-0.2, -0.15) is 4.31 Å². The van der Waals surface area contributed by atoms with Gasteiger partial charge in [0, 0.05) is 38.2 Å². The second-order valence-electron chi connectivity index (χ2n) is 7.05. The number of carbonyl (C=O) groups is 1. The molecule has 1 atom stereocenters. The lowest BCUT2D eigenvalue weighted by Crippen LogP contribution is -2.44. The SMILES string of the molecule is CC[C@H](C)NC(=O)C1CCN(S(=O)(=O)c2ccc3c(c2)oc(=O)n3C)CC1. The predicted octanol–water partition coefficient (Wildman–Crippen LogP) is 1.45. The first-order valence-corrected chi connectivity index (χ1v) is 10.6. The van der Waals surface area contributed by atoms with Crippen LogP contribution in [-0.2, 0) is 21.9 Å². The van der Waals surface area contributed by atoms with Crippen molar-refractivity contribution >= 4 is 27.0 Å². The number of nitrogens with zero attached hydrogens (tertiary/aromatic N) is 2. The first kappa shape index (κ1) is 19.6. The topological polar surface area (TPSA) is 102 Å². The van der Waals surface area contributed by atoms with Gasteiger partial charge in [-0.15, -0.1) is 0 Å². The molecule has 148 valence electrons. The number of sulfonamides is 1. The maximum Gasteiger partial charge on any atom is 0.419 e. The molecule has 1 aromatic heterocycles. The van der Waals surface area contributed by atoms with E-state index in [1.165, 1.54) is 21.0 Å². The maximum atomic E-state index is 12.9. The molecule has 0 bridgehead atoms. The van der Waals surface area contributed by atoms with Crippen LogP contribution in [0, 0.1) is 5.92 Å². The Morgan fingerprint density at radius 2 is 2.00 bits per heavy atom. The Kier molecular flexibility index (Phi) is 5.43. The molecule has 1 N–H and O–H groups in total. The summed E-state index contributed by atoms with van der Waals surface area (Å²) in [5.41, 5.74) is 0.783. The largest absolute Gasteiger partial charge is 0.419 e. The summed E-state index contributed by atoms with van der Waals surface area (Å²) in [6, 6.07) is 4.55. The molecule has 9 heteroatoms. The van der Waals surface area contributed by atoms with E-state index in [4.69, 9.17) is 4.42 Å². The number of rotatable bonds is 5. The quantitative estimate of drug-likeness (QED) is 0.826. The van der Waals surface area contributed by atoms with E-state index >= 15 is 0 Å². The minimum absolute atomic E-state index is 0.00567. The average Bonchev–Trinajstić information content (AvgIpc) is 2.95. The lowest BCUT2D eigenvalue weighted by molar-refractivity contribution is -0.126. The van der Waals surface area contributed by atoms with E-state index in [2.05, 4.69) is 5.32 Å². The number of piperidine rings is 1. The van der Waals surface area contributed by atoms with Gasteiger partial charge in [0.1, 0.15) is 0 Å². The van der Waals surface area contributed by atoms with E-state index < -0.39 is 15.8 Å². The lowest BCUT2D eigenvalue weighted by Gasteiger charge is -2.31. The molecule has 1 aliphatic rings. The Balaban J connectivity index is 1.73. The molecular formula is C18H25N3O5S. The summed E-state index contributed by atoms with van der Waals surface area (Å²) in [7, 11) is -2.14. The molecule has 2 aromatic rings. The zero-order valence-electron chi connectivity index (χ0n) is 15.8. The number of nitrogens with one attached hydrogen (secondary N) is 1. The predicted molar refractivity (Wildman–Crippen MR) is 101 cm³/mol. The van der Waals surface area contributed by atoms with Crippen molar-refractivity contribution in [3.05, 3.63) is 28.7 Å². The van der Waals surface area contributed by atoms with E-state index in [-0.39, 0.29) is 41.4 Å². The highest BCUT2D eigenvalue weighted by atomic mass is 32.2. The van der Waals surface area contributed by atoms with Crippen molar-refractivity contribution in [1.29, 1.82) is 0 Å². The Morgan fingerprint density at radius 3 is 2.63 bits per heavy atom. The highest BCUT2D eigenvalue weighted by Gasteiger charge is 2.32. The van der Waals surface area contributed by atoms with E-state index in [0.717, 1.165) is 6.42 Å². The van der Waals surface area contributed by atoms with Crippen LogP contribution in [-0.4, -0.2) is 42.3 Å². The summed E-state index contributed by atoms with van der Waals surface area (Å²) in [5.74, 6) is -0.707. The summed E-state index contributed by atoms with van der Waals surface area (Å²) < 4.78 is 33.7. The molecule has 1 fully saturated rings. The number of benzene rings is 1. The molecule has 0 spiro atoms. The smallest absolute Gasteiger partial charge is 0.408 e. The number of hydrogen-bond donors (Lipinski definition) is 1. The number of amides is 1. The van der Waals surface area contributed by atoms with Crippen LogP contribution in [0.1, 0.15) is 33.1 Å². The van der Waals surface area contributed by atoms with Crippen LogP contribution >= 0.6 is 0 Å². The summed E-state index contributed by atoms with van der Waals surface area (Å²) in [4.78, 5) is 23.9. The average molecular weight is 395 g/mol. The third-order valence-corrected chi connectivity index (χ3v) is 7.12. The third-order valence-electron chi connectivity index (χ3n) is 5.23. The van der Waals surface area contributed by atoms with Gasteiger partial charge < -0.3 is 9.73 Å². The van der Waals surface area contributed by atoms with Crippen molar-refractivity contribution < 1.29 is 17.6 Å². The second-order valence-corrected chi connectivity index (χ2v) is 8.99. The van der Waals surface area contributed by atoms with Gasteiger partial charge in [0.15, 0.2) is 5.58 Å². The third kappa shape index (κ3) is 3.79. The Bertz CT molecular complexity index is 1000. The van der Waals surface area contributed by atoms with E-state index in [1.807, 2.05) is 13.8 Å². The van der Waals surface area contributed by atoms with Gasteiger partial charge in [-0.1, -0.05) is 6.92 Å². The second kappa shape index (κ2) is 7.47. The molecule has 1 aromatic carbocycles. The molecule has 8 nitrogen and oxygen atoms in total. The minimum Gasteiger partial charge on any atom is -0.408 e. The molecule has 1 saturated heterocycles. The van der Waals surface area contributed by atoms with Crippen molar-refractivity contribution in [1.82, 2.24) is 14.2 Å². The molecule has 0 saturated carbocycles. The standard InChI is InChI=1S/C18H25N3O5S/c1-4-12(2)19-17(22)13-7-9-21(10-8-13)27(24,25)14-5-6-15-16(11-14)26-18(23)20(15)3/h5-6,11-13H,4,7-10H2,1-3H3,(H,19,22)/t12-/m0/s1. The normalized spacial score (nSPS) is 17.9. The molecule has 27 heavy (non-hydrogen) atoms. The fourth-order valence-corrected chi connectivity index (χ4v) is 4.73. The van der Waals surface area contributed by atoms with Crippen LogP contribution in [0.25, 0.3) is 11.1 Å². The van der Waals surface area contributed by atoms with Crippen LogP contribution in [0.3, 0.4) is 0 Å². The van der Waals surface area contributed by atoms with E-state index in [9.17, 15) is 18.0 Å². The van der Waals surface area contributed by atoms with E-state index in [0.29, 0.717) is 18.4 Å². The fraction of sp³-hybridized carbons (Fsp3) is 0.556. The highest BCUT2D eigenvalue weighted by molar-refractivity contribution is 7.89. The zero-order chi connectivity index (χ0) is 19.8. The molecule has 1 amide bonds. The summed E-state index contributed by atoms with van der Waals surface area (Å²) >= 11 is 0. The molecule has 0 unspecified atom stereocenters. The molecular weight excluding hydrogens is 370 g/mol. The van der Waals surface area contributed by atoms with Gasteiger partial charge in [-0.25, -0.2) is 13.2 Å². The van der Waals surface area contributed by atoms with Crippen molar-refractivity contribution in [2.24, 2.45) is 13.0 Å². The summed E-state index contributed by atoms with van der Waals surface area (Å²) in [6.45, 7) is 4.54. The molecule has 2 heterocycles. The first-order valence-electron chi connectivity index (χ1n) is 9.14. The van der Waals surface area contributed by atoms with Crippen molar-refractivity contribution in [2.75, 3.05) is 13.1 Å². The van der Waals surface area contributed by atoms with E-state index in [1.54, 1.807) is 13.1 Å². The summed E-state index contributed by atoms with van der Waals surface area (Å²) in [5, 5.41) is 2.96. The molecule has 0 radical (unpaired) electrons. The molecule has 3 rings (SSSR count). The van der Waals surface area contributed by atoms with Crippen LogP contribution in [0.2, 0.25) is 0 Å². The zero-order valence-corrected chi connectivity index (χ0v) is 16.6. The first-order chi connectivity index (χ1) is 12.7. The van der Waals surface area contributed by atoms with Crippen LogP contribution in [0.15, 0.2) is 32.3 Å². The van der Waals surface area contributed by atoms with Crippen LogP contribution in [0.4, 0.5) is 0 Å². The van der Waals surface area contributed by atoms with Gasteiger partial charge in [0.25, 0.3) is 0 Å². The fourth-order valence-electron chi connectivity index (χ4n) is 3.24. The Hall–Kier alpha value is -2.13. The van der Waals surface area contributed by atoms with Gasteiger partial charge in [0.2, 0.25) is 15.9 Å². The summed E-state index contributed by atoms with van der Waals surface area (Å²) in [6.07, 6.45) is 1.84.